The Bertz CT molecular complexity index is 898. The van der Waals surface area contributed by atoms with Crippen LogP contribution < -0.4 is 5.56 Å². The van der Waals surface area contributed by atoms with Gasteiger partial charge in [0.2, 0.25) is 5.88 Å². The molecule has 2 aromatic heterocycles. The predicted molar refractivity (Wildman–Crippen MR) is 72.4 cm³/mol. The second-order valence-corrected chi connectivity index (χ2v) is 4.45. The summed E-state index contributed by atoms with van der Waals surface area (Å²) in [4.78, 5) is 14.7. The maximum atomic E-state index is 12.1. The van der Waals surface area contributed by atoms with Gasteiger partial charge in [0.25, 0.3) is 5.56 Å². The predicted octanol–water partition coefficient (Wildman–Crippen LogP) is 1.58. The first-order valence-electron chi connectivity index (χ1n) is 5.92. The van der Waals surface area contributed by atoms with Crippen LogP contribution in [0.25, 0.3) is 16.8 Å². The van der Waals surface area contributed by atoms with Gasteiger partial charge in [-0.3, -0.25) is 4.79 Å². The zero-order chi connectivity index (χ0) is 14.3. The largest absolute Gasteiger partial charge is 0.493 e. The molecule has 2 N–H and O–H groups in total. The van der Waals surface area contributed by atoms with Crippen LogP contribution in [-0.2, 0) is 0 Å². The second kappa shape index (κ2) is 4.24. The number of aromatic hydroxyl groups is 1. The Morgan fingerprint density at radius 1 is 1.35 bits per heavy atom. The van der Waals surface area contributed by atoms with Crippen molar-refractivity contribution in [3.05, 3.63) is 51.9 Å². The Kier molecular flexibility index (Phi) is 2.54. The molecule has 0 amide bonds. The van der Waals surface area contributed by atoms with Crippen molar-refractivity contribution in [2.24, 2.45) is 0 Å². The monoisotopic (exact) mass is 266 g/mol. The number of hydrogen-bond donors (Lipinski definition) is 2. The zero-order valence-electron chi connectivity index (χ0n) is 10.6. The van der Waals surface area contributed by atoms with Gasteiger partial charge in [-0.15, -0.1) is 0 Å². The summed E-state index contributed by atoms with van der Waals surface area (Å²) < 4.78 is 1.15. The Morgan fingerprint density at radius 3 is 2.70 bits per heavy atom. The van der Waals surface area contributed by atoms with E-state index in [1.54, 1.807) is 12.1 Å². The van der Waals surface area contributed by atoms with Crippen molar-refractivity contribution in [1.29, 1.82) is 5.26 Å². The summed E-state index contributed by atoms with van der Waals surface area (Å²) in [6, 6.07) is 9.11. The molecule has 98 valence electrons. The lowest BCUT2D eigenvalue weighted by Crippen LogP contribution is -2.12. The Morgan fingerprint density at radius 2 is 2.05 bits per heavy atom. The summed E-state index contributed by atoms with van der Waals surface area (Å²) in [5, 5.41) is 23.1. The molecule has 0 unspecified atom stereocenters. The number of rotatable bonds is 1. The van der Waals surface area contributed by atoms with Crippen LogP contribution in [0.1, 0.15) is 11.1 Å². The van der Waals surface area contributed by atoms with Gasteiger partial charge in [0.15, 0.2) is 5.65 Å². The summed E-state index contributed by atoms with van der Waals surface area (Å²) in [7, 11) is 0. The highest BCUT2D eigenvalue weighted by molar-refractivity contribution is 5.70. The number of H-pyrrole nitrogens is 1. The molecule has 0 spiro atoms. The number of aromatic amines is 1. The highest BCUT2D eigenvalue weighted by Crippen LogP contribution is 2.26. The highest BCUT2D eigenvalue weighted by Gasteiger charge is 2.16. The van der Waals surface area contributed by atoms with E-state index in [2.05, 4.69) is 10.1 Å². The fourth-order valence-electron chi connectivity index (χ4n) is 2.07. The molecule has 0 bridgehead atoms. The Balaban J connectivity index is 2.35. The summed E-state index contributed by atoms with van der Waals surface area (Å²) >= 11 is 0. The van der Waals surface area contributed by atoms with Gasteiger partial charge in [0.05, 0.1) is 6.20 Å². The van der Waals surface area contributed by atoms with E-state index < -0.39 is 5.56 Å². The minimum atomic E-state index is -0.462. The number of aryl methyl sites for hydroxylation is 1. The highest BCUT2D eigenvalue weighted by atomic mass is 16.3. The van der Waals surface area contributed by atoms with Gasteiger partial charge in [-0.1, -0.05) is 29.8 Å². The maximum Gasteiger partial charge on any atom is 0.262 e. The van der Waals surface area contributed by atoms with E-state index in [0.717, 1.165) is 10.1 Å². The Labute approximate surface area is 113 Å². The number of aromatic nitrogens is 3. The van der Waals surface area contributed by atoms with Crippen LogP contribution in [0.5, 0.6) is 5.88 Å². The molecular formula is C14H10N4O2. The molecule has 20 heavy (non-hydrogen) atoms. The average molecular weight is 266 g/mol. The molecule has 0 fully saturated rings. The van der Waals surface area contributed by atoms with Gasteiger partial charge < -0.3 is 10.1 Å². The van der Waals surface area contributed by atoms with E-state index in [-0.39, 0.29) is 22.7 Å². The molecule has 2 heterocycles. The van der Waals surface area contributed by atoms with Crippen molar-refractivity contribution < 1.29 is 5.11 Å². The molecule has 6 heteroatoms. The van der Waals surface area contributed by atoms with E-state index in [1.165, 1.54) is 6.20 Å². The molecule has 3 rings (SSSR count). The van der Waals surface area contributed by atoms with Crippen LogP contribution in [0.2, 0.25) is 0 Å². The lowest BCUT2D eigenvalue weighted by atomic mass is 10.1. The maximum absolute atomic E-state index is 12.1. The number of hydrogen-bond acceptors (Lipinski definition) is 4. The zero-order valence-corrected chi connectivity index (χ0v) is 10.6. The molecule has 1 aromatic carbocycles. The van der Waals surface area contributed by atoms with Crippen LogP contribution in [0.15, 0.2) is 35.3 Å². The van der Waals surface area contributed by atoms with Crippen LogP contribution in [0.3, 0.4) is 0 Å². The van der Waals surface area contributed by atoms with E-state index in [9.17, 15) is 9.90 Å². The van der Waals surface area contributed by atoms with E-state index in [0.29, 0.717) is 5.56 Å². The summed E-state index contributed by atoms with van der Waals surface area (Å²) in [5.74, 6) is -0.283. The average Bonchev–Trinajstić information content (AvgIpc) is 2.84. The van der Waals surface area contributed by atoms with E-state index in [1.807, 2.05) is 25.1 Å². The van der Waals surface area contributed by atoms with Crippen molar-refractivity contribution in [2.45, 2.75) is 6.92 Å². The second-order valence-electron chi connectivity index (χ2n) is 4.45. The first-order chi connectivity index (χ1) is 9.61. The van der Waals surface area contributed by atoms with Gasteiger partial charge in [0, 0.05) is 0 Å². The minimum Gasteiger partial charge on any atom is -0.493 e. The van der Waals surface area contributed by atoms with Crippen molar-refractivity contribution in [3.8, 4) is 23.1 Å². The summed E-state index contributed by atoms with van der Waals surface area (Å²) in [5.41, 5.74) is 1.70. The van der Waals surface area contributed by atoms with Crippen molar-refractivity contribution in [3.63, 3.8) is 0 Å². The third kappa shape index (κ3) is 1.65. The minimum absolute atomic E-state index is 0.130. The number of nitrogens with one attached hydrogen (secondary N) is 1. The van der Waals surface area contributed by atoms with Crippen LogP contribution in [-0.4, -0.2) is 19.7 Å². The topological polar surface area (TPSA) is 94.2 Å². The molecule has 0 saturated carbocycles. The molecule has 0 saturated heterocycles. The van der Waals surface area contributed by atoms with Crippen molar-refractivity contribution >= 4 is 5.65 Å². The smallest absolute Gasteiger partial charge is 0.262 e. The quantitative estimate of drug-likeness (QED) is 0.699. The number of nitrogens with zero attached hydrogens (tertiary/aromatic N) is 3. The molecule has 0 radical (unpaired) electrons. The van der Waals surface area contributed by atoms with Crippen LogP contribution in [0.4, 0.5) is 0 Å². The first kappa shape index (κ1) is 12.0. The van der Waals surface area contributed by atoms with Gasteiger partial charge >= 0.3 is 0 Å². The van der Waals surface area contributed by atoms with Crippen molar-refractivity contribution in [1.82, 2.24) is 14.6 Å². The number of benzene rings is 1. The van der Waals surface area contributed by atoms with Crippen molar-refractivity contribution in [2.75, 3.05) is 0 Å². The van der Waals surface area contributed by atoms with Crippen LogP contribution >= 0.6 is 0 Å². The summed E-state index contributed by atoms with van der Waals surface area (Å²) in [6.45, 7) is 1.93. The van der Waals surface area contributed by atoms with E-state index >= 15 is 0 Å². The lowest BCUT2D eigenvalue weighted by Gasteiger charge is -2.06. The number of nitriles is 1. The molecule has 0 aliphatic carbocycles. The molecule has 6 nitrogen and oxygen atoms in total. The van der Waals surface area contributed by atoms with E-state index in [4.69, 9.17) is 5.26 Å². The van der Waals surface area contributed by atoms with Gasteiger partial charge in [-0.25, -0.2) is 0 Å². The molecule has 0 atom stereocenters. The SMILES string of the molecule is Cc1ccc(-c2c(O)n3ncc(C#N)c3[nH]c2=O)cc1. The standard InChI is InChI=1S/C14H10N4O2/c1-8-2-4-9(5-3-8)11-13(19)17-12-10(6-15)7-16-18(12)14(11)20/h2-5,7,20H,1H3,(H,17,19). The molecule has 0 aliphatic rings. The fraction of sp³-hybridized carbons (Fsp3) is 0.0714. The Hall–Kier alpha value is -3.07. The van der Waals surface area contributed by atoms with Gasteiger partial charge in [-0.2, -0.15) is 14.9 Å². The molecular weight excluding hydrogens is 256 g/mol. The first-order valence-corrected chi connectivity index (χ1v) is 5.92. The molecule has 0 aliphatic heterocycles. The third-order valence-electron chi connectivity index (χ3n) is 3.11. The third-order valence-corrected chi connectivity index (χ3v) is 3.11. The number of fused-ring (bicyclic) bond motifs is 1. The fourth-order valence-corrected chi connectivity index (χ4v) is 2.07. The van der Waals surface area contributed by atoms with Gasteiger partial charge in [-0.05, 0) is 12.5 Å². The van der Waals surface area contributed by atoms with Gasteiger partial charge in [0.1, 0.15) is 17.2 Å². The summed E-state index contributed by atoms with van der Waals surface area (Å²) in [6.07, 6.45) is 1.30. The lowest BCUT2D eigenvalue weighted by molar-refractivity contribution is 0.437. The molecule has 3 aromatic rings. The van der Waals surface area contributed by atoms with Crippen LogP contribution in [0, 0.1) is 18.3 Å². The normalized spacial score (nSPS) is 10.6.